The second-order valence-electron chi connectivity index (χ2n) is 5.09. The maximum Gasteiger partial charge on any atom is 0.243 e. The van der Waals surface area contributed by atoms with Crippen molar-refractivity contribution in [3.05, 3.63) is 45.1 Å². The van der Waals surface area contributed by atoms with Crippen LogP contribution in [0.5, 0.6) is 5.75 Å². The van der Waals surface area contributed by atoms with Gasteiger partial charge in [-0.2, -0.15) is 4.31 Å². The molecule has 1 unspecified atom stereocenters. The van der Waals surface area contributed by atoms with E-state index in [9.17, 15) is 8.42 Å². The SMILES string of the molecule is COc1ccc(S(=O)(=O)N2CCCC2c2cccs2)cc1Br. The quantitative estimate of drug-likeness (QED) is 0.776. The van der Waals surface area contributed by atoms with Gasteiger partial charge in [0.15, 0.2) is 0 Å². The summed E-state index contributed by atoms with van der Waals surface area (Å²) in [5, 5.41) is 1.99. The highest BCUT2D eigenvalue weighted by molar-refractivity contribution is 9.10. The van der Waals surface area contributed by atoms with Crippen molar-refractivity contribution in [2.45, 2.75) is 23.8 Å². The van der Waals surface area contributed by atoms with E-state index in [0.29, 0.717) is 21.7 Å². The Labute approximate surface area is 142 Å². The third kappa shape index (κ3) is 2.82. The first kappa shape index (κ1) is 16.0. The minimum atomic E-state index is -3.51. The molecule has 118 valence electrons. The van der Waals surface area contributed by atoms with E-state index >= 15 is 0 Å². The van der Waals surface area contributed by atoms with E-state index in [-0.39, 0.29) is 6.04 Å². The number of rotatable bonds is 4. The average Bonchev–Trinajstić information content (AvgIpc) is 3.17. The normalized spacial score (nSPS) is 19.5. The third-order valence-electron chi connectivity index (χ3n) is 3.81. The molecule has 1 aromatic heterocycles. The van der Waals surface area contributed by atoms with Crippen LogP contribution in [0.4, 0.5) is 0 Å². The van der Waals surface area contributed by atoms with Gasteiger partial charge in [0, 0.05) is 11.4 Å². The van der Waals surface area contributed by atoms with Gasteiger partial charge in [0.25, 0.3) is 0 Å². The van der Waals surface area contributed by atoms with Crippen LogP contribution in [0.25, 0.3) is 0 Å². The Morgan fingerprint density at radius 1 is 1.36 bits per heavy atom. The molecule has 7 heteroatoms. The lowest BCUT2D eigenvalue weighted by Crippen LogP contribution is -2.30. The standard InChI is InChI=1S/C15H16BrNO3S2/c1-20-14-7-6-11(10-12(14)16)22(18,19)17-8-2-4-13(17)15-5-3-9-21-15/h3,5-7,9-10,13H,2,4,8H2,1H3. The van der Waals surface area contributed by atoms with E-state index < -0.39 is 10.0 Å². The first-order valence-corrected chi connectivity index (χ1v) is 10.0. The predicted molar refractivity (Wildman–Crippen MR) is 90.9 cm³/mol. The van der Waals surface area contributed by atoms with Gasteiger partial charge in [0.05, 0.1) is 22.5 Å². The zero-order chi connectivity index (χ0) is 15.7. The fourth-order valence-electron chi connectivity index (χ4n) is 2.74. The van der Waals surface area contributed by atoms with Crippen LogP contribution in [-0.2, 0) is 10.0 Å². The van der Waals surface area contributed by atoms with Gasteiger partial charge >= 0.3 is 0 Å². The summed E-state index contributed by atoms with van der Waals surface area (Å²) >= 11 is 4.97. The van der Waals surface area contributed by atoms with E-state index in [1.807, 2.05) is 17.5 Å². The highest BCUT2D eigenvalue weighted by atomic mass is 79.9. The van der Waals surface area contributed by atoms with Crippen molar-refractivity contribution in [3.63, 3.8) is 0 Å². The zero-order valence-electron chi connectivity index (χ0n) is 12.0. The molecule has 0 aliphatic carbocycles. The second-order valence-corrected chi connectivity index (χ2v) is 8.81. The minimum absolute atomic E-state index is 0.0501. The van der Waals surface area contributed by atoms with Gasteiger partial charge in [-0.1, -0.05) is 6.07 Å². The molecule has 0 saturated carbocycles. The Kier molecular flexibility index (Phi) is 4.59. The van der Waals surface area contributed by atoms with Crippen LogP contribution < -0.4 is 4.74 Å². The number of thiophene rings is 1. The summed E-state index contributed by atoms with van der Waals surface area (Å²) < 4.78 is 33.3. The molecular weight excluding hydrogens is 386 g/mol. The Balaban J connectivity index is 1.97. The summed E-state index contributed by atoms with van der Waals surface area (Å²) in [4.78, 5) is 1.40. The Morgan fingerprint density at radius 2 is 2.18 bits per heavy atom. The van der Waals surface area contributed by atoms with Crippen molar-refractivity contribution in [1.82, 2.24) is 4.31 Å². The van der Waals surface area contributed by atoms with Crippen LogP contribution in [0.1, 0.15) is 23.8 Å². The van der Waals surface area contributed by atoms with Crippen molar-refractivity contribution in [3.8, 4) is 5.75 Å². The molecule has 1 fully saturated rings. The summed E-state index contributed by atoms with van der Waals surface area (Å²) in [5.41, 5.74) is 0. The minimum Gasteiger partial charge on any atom is -0.496 e. The number of hydrogen-bond donors (Lipinski definition) is 0. The molecule has 1 aliphatic heterocycles. The molecular formula is C15H16BrNO3S2. The monoisotopic (exact) mass is 401 g/mol. The molecule has 0 spiro atoms. The van der Waals surface area contributed by atoms with Crippen LogP contribution in [0.3, 0.4) is 0 Å². The van der Waals surface area contributed by atoms with E-state index in [1.165, 1.54) is 0 Å². The summed E-state index contributed by atoms with van der Waals surface area (Å²) in [6, 6.07) is 8.81. The summed E-state index contributed by atoms with van der Waals surface area (Å²) in [5.74, 6) is 0.621. The predicted octanol–water partition coefficient (Wildman–Crippen LogP) is 4.05. The van der Waals surface area contributed by atoms with Crippen molar-refractivity contribution < 1.29 is 13.2 Å². The van der Waals surface area contributed by atoms with Crippen LogP contribution in [0, 0.1) is 0 Å². The van der Waals surface area contributed by atoms with Crippen LogP contribution >= 0.6 is 27.3 Å². The third-order valence-corrected chi connectivity index (χ3v) is 7.30. The van der Waals surface area contributed by atoms with Crippen molar-refractivity contribution >= 4 is 37.3 Å². The van der Waals surface area contributed by atoms with Gasteiger partial charge < -0.3 is 4.74 Å². The molecule has 1 aliphatic rings. The number of sulfonamides is 1. The topological polar surface area (TPSA) is 46.6 Å². The molecule has 0 N–H and O–H groups in total. The number of hydrogen-bond acceptors (Lipinski definition) is 4. The van der Waals surface area contributed by atoms with E-state index in [0.717, 1.165) is 17.7 Å². The summed E-state index contributed by atoms with van der Waals surface area (Å²) in [7, 11) is -1.95. The van der Waals surface area contributed by atoms with Gasteiger partial charge in [0.2, 0.25) is 10.0 Å². The second kappa shape index (κ2) is 6.31. The smallest absolute Gasteiger partial charge is 0.243 e. The molecule has 0 radical (unpaired) electrons. The number of benzene rings is 1. The van der Waals surface area contributed by atoms with Gasteiger partial charge in [0.1, 0.15) is 5.75 Å². The van der Waals surface area contributed by atoms with Crippen molar-refractivity contribution in [1.29, 1.82) is 0 Å². The summed E-state index contributed by atoms with van der Waals surface area (Å²) in [6.07, 6.45) is 1.76. The number of methoxy groups -OCH3 is 1. The summed E-state index contributed by atoms with van der Waals surface area (Å²) in [6.45, 7) is 0.564. The molecule has 0 bridgehead atoms. The molecule has 3 rings (SSSR count). The molecule has 2 heterocycles. The van der Waals surface area contributed by atoms with E-state index in [4.69, 9.17) is 4.74 Å². The molecule has 22 heavy (non-hydrogen) atoms. The molecule has 4 nitrogen and oxygen atoms in total. The average molecular weight is 402 g/mol. The zero-order valence-corrected chi connectivity index (χ0v) is 15.2. The fourth-order valence-corrected chi connectivity index (χ4v) is 6.07. The Bertz CT molecular complexity index is 759. The molecule has 0 amide bonds. The van der Waals surface area contributed by atoms with Gasteiger partial charge in [-0.15, -0.1) is 11.3 Å². The maximum atomic E-state index is 13.0. The van der Waals surface area contributed by atoms with Gasteiger partial charge in [-0.25, -0.2) is 8.42 Å². The highest BCUT2D eigenvalue weighted by Gasteiger charge is 2.36. The van der Waals surface area contributed by atoms with Gasteiger partial charge in [-0.3, -0.25) is 0 Å². The highest BCUT2D eigenvalue weighted by Crippen LogP contribution is 2.39. The molecule has 1 saturated heterocycles. The Hall–Kier alpha value is -0.890. The number of halogens is 1. The first-order valence-electron chi connectivity index (χ1n) is 6.93. The number of nitrogens with zero attached hydrogens (tertiary/aromatic N) is 1. The first-order chi connectivity index (χ1) is 10.5. The lowest BCUT2D eigenvalue weighted by atomic mass is 10.2. The lowest BCUT2D eigenvalue weighted by Gasteiger charge is -2.23. The maximum absolute atomic E-state index is 13.0. The van der Waals surface area contributed by atoms with Crippen LogP contribution in [0.15, 0.2) is 45.1 Å². The van der Waals surface area contributed by atoms with Crippen LogP contribution in [-0.4, -0.2) is 26.4 Å². The fraction of sp³-hybridized carbons (Fsp3) is 0.333. The molecule has 1 atom stereocenters. The Morgan fingerprint density at radius 3 is 2.82 bits per heavy atom. The van der Waals surface area contributed by atoms with Crippen molar-refractivity contribution in [2.24, 2.45) is 0 Å². The molecule has 2 aromatic rings. The number of ether oxygens (including phenoxy) is 1. The van der Waals surface area contributed by atoms with E-state index in [1.54, 1.807) is 41.0 Å². The van der Waals surface area contributed by atoms with Gasteiger partial charge in [-0.05, 0) is 58.4 Å². The largest absolute Gasteiger partial charge is 0.496 e. The van der Waals surface area contributed by atoms with Crippen LogP contribution in [0.2, 0.25) is 0 Å². The lowest BCUT2D eigenvalue weighted by molar-refractivity contribution is 0.400. The van der Waals surface area contributed by atoms with Crippen molar-refractivity contribution in [2.75, 3.05) is 13.7 Å². The van der Waals surface area contributed by atoms with E-state index in [2.05, 4.69) is 15.9 Å². The molecule has 1 aromatic carbocycles.